The van der Waals surface area contributed by atoms with E-state index in [2.05, 4.69) is 132 Å². The van der Waals surface area contributed by atoms with Crippen LogP contribution in [0.1, 0.15) is 84.0 Å². The molecule has 0 saturated carbocycles. The van der Waals surface area contributed by atoms with Gasteiger partial charge in [-0.1, -0.05) is 106 Å². The SMILES string of the molecule is Cc1cc(C)c(C(Nc2c(C(C)C)cccc2C(C)C)c2nc(-c3cccc4ccccc34)cs2)c(C)c1. The van der Waals surface area contributed by atoms with E-state index >= 15 is 0 Å². The number of hydrogen-bond acceptors (Lipinski definition) is 3. The molecule has 5 aromatic rings. The van der Waals surface area contributed by atoms with E-state index in [4.69, 9.17) is 4.98 Å². The van der Waals surface area contributed by atoms with Crippen LogP contribution < -0.4 is 5.32 Å². The molecule has 0 aliphatic heterocycles. The van der Waals surface area contributed by atoms with Gasteiger partial charge in [0.1, 0.15) is 11.0 Å². The predicted molar refractivity (Wildman–Crippen MR) is 166 cm³/mol. The number of nitrogens with zero attached hydrogens (tertiary/aromatic N) is 1. The second kappa shape index (κ2) is 10.7. The quantitative estimate of drug-likeness (QED) is 0.232. The number of aromatic nitrogens is 1. The Kier molecular flexibility index (Phi) is 7.40. The van der Waals surface area contributed by atoms with Crippen molar-refractivity contribution < 1.29 is 0 Å². The summed E-state index contributed by atoms with van der Waals surface area (Å²) in [7, 11) is 0. The third-order valence-electron chi connectivity index (χ3n) is 7.52. The molecular formula is C35H38N2S. The summed E-state index contributed by atoms with van der Waals surface area (Å²) < 4.78 is 0. The molecule has 5 rings (SSSR count). The largest absolute Gasteiger partial charge is 0.372 e. The van der Waals surface area contributed by atoms with Crippen molar-refractivity contribution in [1.82, 2.24) is 4.98 Å². The molecule has 0 bridgehead atoms. The number of fused-ring (bicyclic) bond motifs is 1. The molecule has 2 nitrogen and oxygen atoms in total. The van der Waals surface area contributed by atoms with Crippen LogP contribution in [0.2, 0.25) is 0 Å². The Labute approximate surface area is 231 Å². The molecule has 0 spiro atoms. The van der Waals surface area contributed by atoms with Crippen LogP contribution >= 0.6 is 11.3 Å². The number of anilines is 1. The van der Waals surface area contributed by atoms with E-state index < -0.39 is 0 Å². The van der Waals surface area contributed by atoms with E-state index in [1.54, 1.807) is 11.3 Å². The van der Waals surface area contributed by atoms with Gasteiger partial charge in [0, 0.05) is 16.6 Å². The van der Waals surface area contributed by atoms with Crippen molar-refractivity contribution in [1.29, 1.82) is 0 Å². The van der Waals surface area contributed by atoms with Crippen LogP contribution in [0, 0.1) is 20.8 Å². The maximum absolute atomic E-state index is 5.31. The molecule has 38 heavy (non-hydrogen) atoms. The summed E-state index contributed by atoms with van der Waals surface area (Å²) in [5.41, 5.74) is 11.4. The van der Waals surface area contributed by atoms with Crippen molar-refractivity contribution in [2.24, 2.45) is 0 Å². The number of benzene rings is 4. The maximum Gasteiger partial charge on any atom is 0.120 e. The Hall–Kier alpha value is -3.43. The van der Waals surface area contributed by atoms with Crippen LogP contribution in [0.5, 0.6) is 0 Å². The van der Waals surface area contributed by atoms with E-state index in [9.17, 15) is 0 Å². The minimum Gasteiger partial charge on any atom is -0.372 e. The number of nitrogens with one attached hydrogen (secondary N) is 1. The van der Waals surface area contributed by atoms with Gasteiger partial charge in [0.15, 0.2) is 0 Å². The first-order valence-corrected chi connectivity index (χ1v) is 14.5. The Balaban J connectivity index is 1.69. The summed E-state index contributed by atoms with van der Waals surface area (Å²) in [5.74, 6) is 0.833. The van der Waals surface area contributed by atoms with Crippen LogP contribution in [-0.4, -0.2) is 4.98 Å². The Morgan fingerprint density at radius 3 is 2.00 bits per heavy atom. The van der Waals surface area contributed by atoms with Crippen LogP contribution in [0.15, 0.2) is 78.2 Å². The Bertz CT molecular complexity index is 1540. The highest BCUT2D eigenvalue weighted by molar-refractivity contribution is 7.10. The molecule has 194 valence electrons. The third-order valence-corrected chi connectivity index (χ3v) is 8.43. The molecule has 0 aliphatic rings. The van der Waals surface area contributed by atoms with Gasteiger partial charge in [-0.05, 0) is 71.2 Å². The van der Waals surface area contributed by atoms with Gasteiger partial charge in [0.05, 0.1) is 5.69 Å². The lowest BCUT2D eigenvalue weighted by atomic mass is 9.90. The van der Waals surface area contributed by atoms with Crippen molar-refractivity contribution in [3.63, 3.8) is 0 Å². The molecule has 0 aliphatic carbocycles. The van der Waals surface area contributed by atoms with Gasteiger partial charge in [0.25, 0.3) is 0 Å². The molecule has 1 unspecified atom stereocenters. The van der Waals surface area contributed by atoms with Gasteiger partial charge in [-0.15, -0.1) is 11.3 Å². The highest BCUT2D eigenvalue weighted by atomic mass is 32.1. The lowest BCUT2D eigenvalue weighted by molar-refractivity contribution is 0.816. The van der Waals surface area contributed by atoms with Crippen LogP contribution in [0.25, 0.3) is 22.0 Å². The van der Waals surface area contributed by atoms with Crippen LogP contribution in [0.4, 0.5) is 5.69 Å². The third kappa shape index (κ3) is 5.00. The van der Waals surface area contributed by atoms with Crippen molar-refractivity contribution in [2.45, 2.75) is 66.3 Å². The fraction of sp³-hybridized carbons (Fsp3) is 0.286. The molecular weight excluding hydrogens is 480 g/mol. The number of aryl methyl sites for hydroxylation is 3. The first-order chi connectivity index (χ1) is 18.2. The second-order valence-corrected chi connectivity index (χ2v) is 12.0. The van der Waals surface area contributed by atoms with Gasteiger partial charge in [0.2, 0.25) is 0 Å². The van der Waals surface area contributed by atoms with Gasteiger partial charge < -0.3 is 5.32 Å². The van der Waals surface area contributed by atoms with Crippen LogP contribution in [0.3, 0.4) is 0 Å². The molecule has 0 amide bonds. The Morgan fingerprint density at radius 2 is 1.34 bits per heavy atom. The van der Waals surface area contributed by atoms with Gasteiger partial charge in [-0.25, -0.2) is 4.98 Å². The minimum absolute atomic E-state index is 0.0401. The molecule has 3 heteroatoms. The highest BCUT2D eigenvalue weighted by Crippen LogP contribution is 2.40. The fourth-order valence-corrected chi connectivity index (χ4v) is 6.63. The van der Waals surface area contributed by atoms with E-state index in [1.807, 2.05) is 0 Å². The molecule has 1 N–H and O–H groups in total. The second-order valence-electron chi connectivity index (χ2n) is 11.1. The topological polar surface area (TPSA) is 24.9 Å². The molecule has 0 radical (unpaired) electrons. The summed E-state index contributed by atoms with van der Waals surface area (Å²) in [6.07, 6.45) is 0. The summed E-state index contributed by atoms with van der Waals surface area (Å²) in [4.78, 5) is 5.31. The standard InChI is InChI=1S/C35H38N2S/c1-21(2)27-15-11-16-28(22(3)4)33(27)37-34(32-24(6)18-23(5)19-25(32)7)35-36-31(20-38-35)30-17-10-13-26-12-8-9-14-29(26)30/h8-22,34,37H,1-7H3. The molecule has 0 fully saturated rings. The summed E-state index contributed by atoms with van der Waals surface area (Å²) in [6.45, 7) is 15.8. The van der Waals surface area contributed by atoms with Crippen molar-refractivity contribution in [3.8, 4) is 11.3 Å². The highest BCUT2D eigenvalue weighted by Gasteiger charge is 2.25. The zero-order valence-corrected chi connectivity index (χ0v) is 24.4. The summed E-state index contributed by atoms with van der Waals surface area (Å²) >= 11 is 1.75. The number of para-hydroxylation sites is 1. The zero-order chi connectivity index (χ0) is 27.0. The maximum atomic E-state index is 5.31. The molecule has 1 atom stereocenters. The average Bonchev–Trinajstić information content (AvgIpc) is 3.37. The van der Waals surface area contributed by atoms with Crippen molar-refractivity contribution >= 4 is 27.8 Å². The number of thiazole rings is 1. The number of hydrogen-bond donors (Lipinski definition) is 1. The van der Waals surface area contributed by atoms with Crippen LogP contribution in [-0.2, 0) is 0 Å². The summed E-state index contributed by atoms with van der Waals surface area (Å²) in [5, 5.41) is 9.87. The lowest BCUT2D eigenvalue weighted by Gasteiger charge is -2.28. The zero-order valence-electron chi connectivity index (χ0n) is 23.6. The fourth-order valence-electron chi connectivity index (χ4n) is 5.76. The summed E-state index contributed by atoms with van der Waals surface area (Å²) in [6, 6.07) is 26.4. The first-order valence-electron chi connectivity index (χ1n) is 13.6. The van der Waals surface area contributed by atoms with E-state index in [0.29, 0.717) is 11.8 Å². The van der Waals surface area contributed by atoms with Gasteiger partial charge in [-0.2, -0.15) is 0 Å². The van der Waals surface area contributed by atoms with E-state index in [-0.39, 0.29) is 6.04 Å². The monoisotopic (exact) mass is 518 g/mol. The van der Waals surface area contributed by atoms with E-state index in [0.717, 1.165) is 10.7 Å². The van der Waals surface area contributed by atoms with Gasteiger partial charge in [-0.3, -0.25) is 0 Å². The molecule has 1 heterocycles. The molecule has 4 aromatic carbocycles. The van der Waals surface area contributed by atoms with E-state index in [1.165, 1.54) is 55.4 Å². The molecule has 1 aromatic heterocycles. The van der Waals surface area contributed by atoms with Gasteiger partial charge >= 0.3 is 0 Å². The lowest BCUT2D eigenvalue weighted by Crippen LogP contribution is -2.18. The predicted octanol–water partition coefficient (Wildman–Crippen LogP) is 10.3. The average molecular weight is 519 g/mol. The van der Waals surface area contributed by atoms with Crippen molar-refractivity contribution in [2.75, 3.05) is 5.32 Å². The first kappa shape index (κ1) is 26.2. The minimum atomic E-state index is -0.0401. The van der Waals surface area contributed by atoms with Crippen molar-refractivity contribution in [3.05, 3.63) is 117 Å². The Morgan fingerprint density at radius 1 is 0.737 bits per heavy atom. The molecule has 0 saturated heterocycles. The number of rotatable bonds is 7. The normalized spacial score (nSPS) is 12.4. The smallest absolute Gasteiger partial charge is 0.120 e.